The summed E-state index contributed by atoms with van der Waals surface area (Å²) in [6.07, 6.45) is 0. The Morgan fingerprint density at radius 2 is 2.00 bits per heavy atom. The summed E-state index contributed by atoms with van der Waals surface area (Å²) < 4.78 is 1.91. The van der Waals surface area contributed by atoms with Crippen LogP contribution in [0, 0.1) is 13.8 Å². The van der Waals surface area contributed by atoms with E-state index in [0.29, 0.717) is 0 Å². The van der Waals surface area contributed by atoms with Gasteiger partial charge >= 0.3 is 0 Å². The molecule has 0 aromatic carbocycles. The van der Waals surface area contributed by atoms with Crippen LogP contribution in [-0.4, -0.2) is 9.78 Å². The molecule has 0 saturated heterocycles. The average Bonchev–Trinajstić information content (AvgIpc) is 2.09. The Labute approximate surface area is 85.9 Å². The van der Waals surface area contributed by atoms with E-state index >= 15 is 0 Å². The number of aromatic nitrogens is 2. The summed E-state index contributed by atoms with van der Waals surface area (Å²) in [5.74, 6) is 0. The highest BCUT2D eigenvalue weighted by atomic mass is 79.9. The predicted octanol–water partition coefficient (Wildman–Crippen LogP) is 2.51. The van der Waals surface area contributed by atoms with Crippen molar-refractivity contribution in [2.24, 2.45) is 7.05 Å². The maximum absolute atomic E-state index is 4.27. The quantitative estimate of drug-likeness (QED) is 0.724. The fraction of sp³-hybridized carbons (Fsp3) is 0.571. The van der Waals surface area contributed by atoms with Gasteiger partial charge in [0.25, 0.3) is 0 Å². The Hall–Kier alpha value is 0.170. The summed E-state index contributed by atoms with van der Waals surface area (Å²) in [6.45, 7) is 4.11. The second-order valence-corrected chi connectivity index (χ2v) is 2.97. The van der Waals surface area contributed by atoms with Gasteiger partial charge in [0, 0.05) is 23.6 Å². The van der Waals surface area contributed by atoms with E-state index in [0.717, 1.165) is 11.0 Å². The minimum Gasteiger partial charge on any atom is -0.272 e. The lowest BCUT2D eigenvalue weighted by molar-refractivity contribution is 0.730. The van der Waals surface area contributed by atoms with Crippen molar-refractivity contribution in [1.82, 2.24) is 9.78 Å². The molecule has 0 aliphatic heterocycles. The first-order chi connectivity index (χ1) is 4.66. The molecule has 0 aliphatic rings. The summed E-state index contributed by atoms with van der Waals surface area (Å²) in [5.41, 5.74) is 3.67. The SMILES string of the molecule is Br.Cc1nn(C)c(C)c1CBr. The van der Waals surface area contributed by atoms with Gasteiger partial charge in [-0.3, -0.25) is 4.68 Å². The van der Waals surface area contributed by atoms with E-state index in [4.69, 9.17) is 0 Å². The van der Waals surface area contributed by atoms with Gasteiger partial charge in [-0.1, -0.05) is 15.9 Å². The number of hydrogen-bond acceptors (Lipinski definition) is 1. The van der Waals surface area contributed by atoms with E-state index in [1.807, 2.05) is 18.7 Å². The molecule has 0 aliphatic carbocycles. The largest absolute Gasteiger partial charge is 0.272 e. The molecule has 0 radical (unpaired) electrons. The first kappa shape index (κ1) is 11.2. The molecule has 0 atom stereocenters. The first-order valence-electron chi connectivity index (χ1n) is 3.22. The number of halogens is 2. The van der Waals surface area contributed by atoms with Crippen molar-refractivity contribution in [3.63, 3.8) is 0 Å². The van der Waals surface area contributed by atoms with Gasteiger partial charge in [-0.05, 0) is 13.8 Å². The van der Waals surface area contributed by atoms with E-state index in [9.17, 15) is 0 Å². The highest BCUT2D eigenvalue weighted by Gasteiger charge is 2.05. The van der Waals surface area contributed by atoms with Crippen LogP contribution in [0.2, 0.25) is 0 Å². The van der Waals surface area contributed by atoms with Crippen molar-refractivity contribution in [2.45, 2.75) is 19.2 Å². The van der Waals surface area contributed by atoms with Gasteiger partial charge in [-0.2, -0.15) is 5.10 Å². The van der Waals surface area contributed by atoms with E-state index in [-0.39, 0.29) is 17.0 Å². The lowest BCUT2D eigenvalue weighted by Gasteiger charge is -1.93. The van der Waals surface area contributed by atoms with Crippen LogP contribution in [0.3, 0.4) is 0 Å². The molecule has 11 heavy (non-hydrogen) atoms. The Balaban J connectivity index is 0.000001000. The van der Waals surface area contributed by atoms with Gasteiger partial charge in [-0.25, -0.2) is 0 Å². The molecule has 4 heteroatoms. The molecule has 1 rings (SSSR count). The summed E-state index contributed by atoms with van der Waals surface area (Å²) in [5, 5.41) is 5.17. The Morgan fingerprint density at radius 3 is 2.18 bits per heavy atom. The lowest BCUT2D eigenvalue weighted by atomic mass is 10.2. The Morgan fingerprint density at radius 1 is 1.45 bits per heavy atom. The fourth-order valence-electron chi connectivity index (χ4n) is 1.01. The second kappa shape index (κ2) is 4.26. The second-order valence-electron chi connectivity index (χ2n) is 2.41. The van der Waals surface area contributed by atoms with Crippen LogP contribution in [-0.2, 0) is 12.4 Å². The van der Waals surface area contributed by atoms with Crippen LogP contribution < -0.4 is 0 Å². The molecule has 0 unspecified atom stereocenters. The number of rotatable bonds is 1. The standard InChI is InChI=1S/C7H11BrN2.BrH/c1-5-7(4-8)6(2)10(3)9-5;/h4H2,1-3H3;1H. The van der Waals surface area contributed by atoms with Crippen molar-refractivity contribution in [3.05, 3.63) is 17.0 Å². The Bertz CT molecular complexity index is 243. The molecule has 64 valence electrons. The highest BCUT2D eigenvalue weighted by Crippen LogP contribution is 2.14. The summed E-state index contributed by atoms with van der Waals surface area (Å²) in [7, 11) is 1.97. The number of hydrogen-bond donors (Lipinski definition) is 0. The van der Waals surface area contributed by atoms with Gasteiger partial charge in [0.15, 0.2) is 0 Å². The molecule has 0 N–H and O–H groups in total. The predicted molar refractivity (Wildman–Crippen MR) is 55.6 cm³/mol. The van der Waals surface area contributed by atoms with Crippen LogP contribution in [0.5, 0.6) is 0 Å². The van der Waals surface area contributed by atoms with Crippen LogP contribution in [0.15, 0.2) is 0 Å². The van der Waals surface area contributed by atoms with E-state index < -0.39 is 0 Å². The number of aryl methyl sites for hydroxylation is 2. The first-order valence-corrected chi connectivity index (χ1v) is 4.34. The summed E-state index contributed by atoms with van der Waals surface area (Å²) in [4.78, 5) is 0. The van der Waals surface area contributed by atoms with E-state index in [1.165, 1.54) is 11.3 Å². The van der Waals surface area contributed by atoms with Crippen LogP contribution in [0.4, 0.5) is 0 Å². The minimum atomic E-state index is 0. The zero-order chi connectivity index (χ0) is 7.72. The molecular weight excluding hydrogens is 272 g/mol. The molecule has 1 aromatic heterocycles. The zero-order valence-corrected chi connectivity index (χ0v) is 10.2. The van der Waals surface area contributed by atoms with Crippen LogP contribution in [0.25, 0.3) is 0 Å². The smallest absolute Gasteiger partial charge is 0.0636 e. The van der Waals surface area contributed by atoms with Crippen molar-refractivity contribution in [3.8, 4) is 0 Å². The van der Waals surface area contributed by atoms with Crippen molar-refractivity contribution < 1.29 is 0 Å². The topological polar surface area (TPSA) is 17.8 Å². The van der Waals surface area contributed by atoms with E-state index in [2.05, 4.69) is 28.0 Å². The maximum Gasteiger partial charge on any atom is 0.0636 e. The van der Waals surface area contributed by atoms with Gasteiger partial charge in [0.2, 0.25) is 0 Å². The summed E-state index contributed by atoms with van der Waals surface area (Å²) in [6, 6.07) is 0. The Kier molecular flexibility index (Phi) is 4.32. The monoisotopic (exact) mass is 282 g/mol. The average molecular weight is 284 g/mol. The molecule has 0 fully saturated rings. The molecule has 1 heterocycles. The molecule has 2 nitrogen and oxygen atoms in total. The van der Waals surface area contributed by atoms with Crippen LogP contribution in [0.1, 0.15) is 17.0 Å². The molecule has 1 aromatic rings. The molecule has 0 bridgehead atoms. The minimum absolute atomic E-state index is 0. The molecular formula is C7H12Br2N2. The fourth-order valence-corrected chi connectivity index (χ4v) is 1.82. The zero-order valence-electron chi connectivity index (χ0n) is 6.89. The van der Waals surface area contributed by atoms with Gasteiger partial charge in [-0.15, -0.1) is 17.0 Å². The lowest BCUT2D eigenvalue weighted by Crippen LogP contribution is -1.92. The third kappa shape index (κ3) is 2.06. The normalized spacial score (nSPS) is 9.45. The van der Waals surface area contributed by atoms with Crippen molar-refractivity contribution in [2.75, 3.05) is 0 Å². The van der Waals surface area contributed by atoms with Crippen molar-refractivity contribution in [1.29, 1.82) is 0 Å². The van der Waals surface area contributed by atoms with E-state index in [1.54, 1.807) is 0 Å². The molecule has 0 amide bonds. The number of nitrogens with zero attached hydrogens (tertiary/aromatic N) is 2. The molecule has 0 spiro atoms. The maximum atomic E-state index is 4.27. The highest BCUT2D eigenvalue weighted by molar-refractivity contribution is 9.08. The summed E-state index contributed by atoms with van der Waals surface area (Å²) >= 11 is 3.42. The van der Waals surface area contributed by atoms with Crippen LogP contribution >= 0.6 is 32.9 Å². The third-order valence-corrected chi connectivity index (χ3v) is 2.35. The van der Waals surface area contributed by atoms with Gasteiger partial charge in [0.05, 0.1) is 5.69 Å². The number of alkyl halides is 1. The third-order valence-electron chi connectivity index (χ3n) is 1.79. The van der Waals surface area contributed by atoms with Gasteiger partial charge < -0.3 is 0 Å². The molecule has 0 saturated carbocycles. The van der Waals surface area contributed by atoms with Gasteiger partial charge in [0.1, 0.15) is 0 Å². The van der Waals surface area contributed by atoms with Crippen molar-refractivity contribution >= 4 is 32.9 Å².